The van der Waals surface area contributed by atoms with Gasteiger partial charge in [0.05, 0.1) is 18.0 Å². The van der Waals surface area contributed by atoms with Crippen LogP contribution in [0.1, 0.15) is 117 Å². The maximum Gasteiger partial charge on any atom is 0.514 e. The summed E-state index contributed by atoms with van der Waals surface area (Å²) in [6, 6.07) is 5.15. The molecule has 0 heterocycles. The Labute approximate surface area is 216 Å². The second-order valence-corrected chi connectivity index (χ2v) is 9.30. The third-order valence-corrected chi connectivity index (χ3v) is 6.00. The minimum atomic E-state index is -0.938. The molecule has 36 heavy (non-hydrogen) atoms. The fourth-order valence-corrected chi connectivity index (χ4v) is 3.95. The van der Waals surface area contributed by atoms with E-state index in [9.17, 15) is 19.7 Å². The topological polar surface area (TPSA) is 105 Å². The van der Waals surface area contributed by atoms with Gasteiger partial charge in [0.15, 0.2) is 0 Å². The van der Waals surface area contributed by atoms with E-state index in [2.05, 4.69) is 6.92 Å². The Kier molecular flexibility index (Phi) is 17.9. The minimum absolute atomic E-state index is 0.0202. The number of benzene rings is 1. The van der Waals surface area contributed by atoms with Crippen molar-refractivity contribution in [3.8, 4) is 5.75 Å². The number of nitro groups is 1. The number of rotatable bonds is 21. The Balaban J connectivity index is 2.31. The van der Waals surface area contributed by atoms with Crippen molar-refractivity contribution in [3.05, 3.63) is 34.4 Å². The molecule has 1 aromatic rings. The van der Waals surface area contributed by atoms with Crippen LogP contribution in [0.2, 0.25) is 0 Å². The quantitative estimate of drug-likeness (QED) is 0.0541. The molecule has 0 aliphatic heterocycles. The lowest BCUT2D eigenvalue weighted by Gasteiger charge is -2.17. The number of unbranched alkanes of at least 4 members (excludes halogenated alkanes) is 12. The molecule has 8 nitrogen and oxygen atoms in total. The third-order valence-electron chi connectivity index (χ3n) is 6.00. The first-order valence-corrected chi connectivity index (χ1v) is 13.7. The standard InChI is InChI=1S/C28H45NO7/c1-3-5-6-7-8-9-10-11-12-13-14-15-16-17-26(23-27(30)34-22-4-2)36-28(31)35-25-20-18-24(19-21-25)29(32)33/h18-21,26H,3-17,22-23H2,1-2H3. The average Bonchev–Trinajstić information content (AvgIpc) is 2.85. The van der Waals surface area contributed by atoms with E-state index in [1.165, 1.54) is 88.5 Å². The SMILES string of the molecule is CCCCCCCCCCCCCCCC(CC(=O)OCCC)OC(=O)Oc1ccc([N+](=O)[O-])cc1. The van der Waals surface area contributed by atoms with E-state index in [4.69, 9.17) is 14.2 Å². The molecule has 0 N–H and O–H groups in total. The Morgan fingerprint density at radius 3 is 1.83 bits per heavy atom. The highest BCUT2D eigenvalue weighted by molar-refractivity contribution is 5.71. The summed E-state index contributed by atoms with van der Waals surface area (Å²) in [5.74, 6) is -0.265. The van der Waals surface area contributed by atoms with Crippen LogP contribution in [0.5, 0.6) is 5.75 Å². The first-order chi connectivity index (χ1) is 17.5. The van der Waals surface area contributed by atoms with Crippen LogP contribution >= 0.6 is 0 Å². The van der Waals surface area contributed by atoms with E-state index in [-0.39, 0.29) is 17.9 Å². The summed E-state index contributed by atoms with van der Waals surface area (Å²) in [5.41, 5.74) is -0.102. The maximum atomic E-state index is 12.2. The molecule has 0 fully saturated rings. The van der Waals surface area contributed by atoms with E-state index in [0.717, 1.165) is 25.7 Å². The summed E-state index contributed by atoms with van der Waals surface area (Å²) in [4.78, 5) is 34.5. The molecule has 0 spiro atoms. The molecule has 1 unspecified atom stereocenters. The smallest absolute Gasteiger partial charge is 0.466 e. The Morgan fingerprint density at radius 1 is 0.806 bits per heavy atom. The zero-order valence-corrected chi connectivity index (χ0v) is 22.2. The summed E-state index contributed by atoms with van der Waals surface area (Å²) in [6.07, 6.45) is 15.8. The highest BCUT2D eigenvalue weighted by atomic mass is 16.7. The number of hydrogen-bond donors (Lipinski definition) is 0. The van der Waals surface area contributed by atoms with Crippen LogP contribution < -0.4 is 4.74 Å². The van der Waals surface area contributed by atoms with E-state index in [0.29, 0.717) is 13.0 Å². The zero-order valence-electron chi connectivity index (χ0n) is 22.2. The number of hydrogen-bond acceptors (Lipinski definition) is 7. The summed E-state index contributed by atoms with van der Waals surface area (Å²) in [5, 5.41) is 10.8. The lowest BCUT2D eigenvalue weighted by molar-refractivity contribution is -0.384. The van der Waals surface area contributed by atoms with Gasteiger partial charge in [-0.05, 0) is 31.4 Å². The molecule has 0 amide bonds. The monoisotopic (exact) mass is 507 g/mol. The molecule has 8 heteroatoms. The summed E-state index contributed by atoms with van der Waals surface area (Å²) < 4.78 is 15.7. The van der Waals surface area contributed by atoms with Crippen molar-refractivity contribution in [2.24, 2.45) is 0 Å². The highest BCUT2D eigenvalue weighted by Gasteiger charge is 2.21. The first-order valence-electron chi connectivity index (χ1n) is 13.7. The fraction of sp³-hybridized carbons (Fsp3) is 0.714. The van der Waals surface area contributed by atoms with Crippen LogP contribution in [0, 0.1) is 10.1 Å². The number of carbonyl (C=O) groups excluding carboxylic acids is 2. The van der Waals surface area contributed by atoms with Gasteiger partial charge in [0.1, 0.15) is 11.9 Å². The van der Waals surface area contributed by atoms with Gasteiger partial charge in [-0.25, -0.2) is 4.79 Å². The molecule has 1 rings (SSSR count). The van der Waals surface area contributed by atoms with Gasteiger partial charge in [-0.3, -0.25) is 14.9 Å². The number of non-ortho nitro benzene ring substituents is 1. The van der Waals surface area contributed by atoms with Crippen molar-refractivity contribution >= 4 is 17.8 Å². The van der Waals surface area contributed by atoms with Gasteiger partial charge in [-0.2, -0.15) is 0 Å². The maximum absolute atomic E-state index is 12.2. The number of carbonyl (C=O) groups is 2. The second-order valence-electron chi connectivity index (χ2n) is 9.30. The van der Waals surface area contributed by atoms with Gasteiger partial charge < -0.3 is 14.2 Å². The van der Waals surface area contributed by atoms with Gasteiger partial charge >= 0.3 is 12.1 Å². The summed E-state index contributed by atoms with van der Waals surface area (Å²) in [7, 11) is 0. The summed E-state index contributed by atoms with van der Waals surface area (Å²) in [6.45, 7) is 4.49. The fourth-order valence-electron chi connectivity index (χ4n) is 3.95. The molecule has 1 aromatic carbocycles. The Bertz CT molecular complexity index is 736. The third kappa shape index (κ3) is 16.1. The number of esters is 1. The predicted octanol–water partition coefficient (Wildman–Crippen LogP) is 8.30. The van der Waals surface area contributed by atoms with Gasteiger partial charge in [0.25, 0.3) is 5.69 Å². The van der Waals surface area contributed by atoms with E-state index in [1.54, 1.807) is 0 Å². The van der Waals surface area contributed by atoms with Gasteiger partial charge in [0, 0.05) is 12.1 Å². The molecule has 0 aliphatic carbocycles. The van der Waals surface area contributed by atoms with Crippen LogP contribution in [-0.2, 0) is 14.3 Å². The van der Waals surface area contributed by atoms with Crippen LogP contribution in [0.3, 0.4) is 0 Å². The van der Waals surface area contributed by atoms with Crippen molar-refractivity contribution in [1.82, 2.24) is 0 Å². The zero-order chi connectivity index (χ0) is 26.4. The molecule has 1 atom stereocenters. The second kappa shape index (κ2) is 20.5. The lowest BCUT2D eigenvalue weighted by atomic mass is 10.0. The minimum Gasteiger partial charge on any atom is -0.466 e. The van der Waals surface area contributed by atoms with Crippen molar-refractivity contribution in [1.29, 1.82) is 0 Å². The van der Waals surface area contributed by atoms with Crippen LogP contribution in [0.25, 0.3) is 0 Å². The van der Waals surface area contributed by atoms with E-state index < -0.39 is 23.2 Å². The van der Waals surface area contributed by atoms with Gasteiger partial charge in [0.2, 0.25) is 0 Å². The first kappa shape index (κ1) is 31.4. The van der Waals surface area contributed by atoms with Gasteiger partial charge in [-0.1, -0.05) is 90.9 Å². The molecule has 0 aromatic heterocycles. The number of nitrogens with zero attached hydrogens (tertiary/aromatic N) is 1. The molecule has 0 bridgehead atoms. The Hall–Kier alpha value is -2.64. The van der Waals surface area contributed by atoms with Gasteiger partial charge in [-0.15, -0.1) is 0 Å². The average molecular weight is 508 g/mol. The van der Waals surface area contributed by atoms with Crippen LogP contribution in [0.15, 0.2) is 24.3 Å². The van der Waals surface area contributed by atoms with Crippen LogP contribution in [0.4, 0.5) is 10.5 Å². The molecule has 0 radical (unpaired) electrons. The Morgan fingerprint density at radius 2 is 1.33 bits per heavy atom. The van der Waals surface area contributed by atoms with Crippen molar-refractivity contribution < 1.29 is 28.7 Å². The molecule has 0 saturated heterocycles. The van der Waals surface area contributed by atoms with Crippen LogP contribution in [-0.4, -0.2) is 29.8 Å². The summed E-state index contributed by atoms with van der Waals surface area (Å²) >= 11 is 0. The number of ether oxygens (including phenoxy) is 3. The van der Waals surface area contributed by atoms with Crippen molar-refractivity contribution in [2.45, 2.75) is 123 Å². The lowest BCUT2D eigenvalue weighted by Crippen LogP contribution is -2.25. The molecule has 204 valence electrons. The molecule has 0 saturated carbocycles. The van der Waals surface area contributed by atoms with E-state index >= 15 is 0 Å². The normalized spacial score (nSPS) is 11.6. The molecular formula is C28H45NO7. The molecular weight excluding hydrogens is 462 g/mol. The highest BCUT2D eigenvalue weighted by Crippen LogP contribution is 2.20. The predicted molar refractivity (Wildman–Crippen MR) is 140 cm³/mol. The largest absolute Gasteiger partial charge is 0.514 e. The number of nitro benzene ring substituents is 1. The van der Waals surface area contributed by atoms with E-state index in [1.807, 2.05) is 6.92 Å². The molecule has 0 aliphatic rings. The van der Waals surface area contributed by atoms with Crippen molar-refractivity contribution in [3.63, 3.8) is 0 Å². The van der Waals surface area contributed by atoms with Crippen molar-refractivity contribution in [2.75, 3.05) is 6.61 Å².